The Labute approximate surface area is 172 Å². The molecule has 29 heavy (non-hydrogen) atoms. The molecule has 1 fully saturated rings. The maximum atomic E-state index is 12.4. The normalized spacial score (nSPS) is 15.9. The van der Waals surface area contributed by atoms with Gasteiger partial charge < -0.3 is 20.4 Å². The van der Waals surface area contributed by atoms with Crippen molar-refractivity contribution in [2.75, 3.05) is 32.0 Å². The van der Waals surface area contributed by atoms with E-state index in [-0.39, 0.29) is 17.5 Å². The quantitative estimate of drug-likeness (QED) is 0.558. The number of aryl methyl sites for hydroxylation is 1. The molecule has 0 saturated carbocycles. The minimum absolute atomic E-state index is 0.181. The Morgan fingerprint density at radius 2 is 1.90 bits per heavy atom. The van der Waals surface area contributed by atoms with Crippen molar-refractivity contribution in [3.63, 3.8) is 0 Å². The molecule has 0 aliphatic carbocycles. The molecular weight excluding hydrogens is 368 g/mol. The van der Waals surface area contributed by atoms with E-state index in [1.165, 1.54) is 45.3 Å². The van der Waals surface area contributed by atoms with Crippen LogP contribution in [0.25, 0.3) is 11.2 Å². The van der Waals surface area contributed by atoms with Gasteiger partial charge in [0, 0.05) is 6.54 Å². The molecule has 2 aromatic rings. The molecule has 0 bridgehead atoms. The smallest absolute Gasteiger partial charge is 0.327 e. The number of aromatic nitrogens is 4. The molecular formula is C21H36N6O2. The number of anilines is 1. The molecule has 0 amide bonds. The summed E-state index contributed by atoms with van der Waals surface area (Å²) in [6.07, 6.45) is 9.12. The number of unbranched alkanes of at least 4 members (excludes halogenated alkanes) is 2. The van der Waals surface area contributed by atoms with Gasteiger partial charge in [0.2, 0.25) is 0 Å². The third-order valence-corrected chi connectivity index (χ3v) is 5.85. The number of likely N-dealkylation sites (tertiary alicyclic amines) is 1. The highest BCUT2D eigenvalue weighted by Gasteiger charge is 2.18. The fourth-order valence-corrected chi connectivity index (χ4v) is 4.13. The fourth-order valence-electron chi connectivity index (χ4n) is 4.13. The van der Waals surface area contributed by atoms with Crippen LogP contribution in [0.5, 0.6) is 6.01 Å². The summed E-state index contributed by atoms with van der Waals surface area (Å²) in [5.41, 5.74) is 6.87. The second kappa shape index (κ2) is 10.6. The van der Waals surface area contributed by atoms with Crippen LogP contribution < -0.4 is 16.2 Å². The number of rotatable bonds is 11. The number of piperidine rings is 1. The zero-order valence-electron chi connectivity index (χ0n) is 18.0. The number of nitrogens with two attached hydrogens (primary N) is 1. The summed E-state index contributed by atoms with van der Waals surface area (Å²) in [6, 6.07) is 0.245. The number of nitrogens with zero attached hydrogens (tertiary/aromatic N) is 4. The zero-order chi connectivity index (χ0) is 20.6. The van der Waals surface area contributed by atoms with Crippen molar-refractivity contribution in [1.82, 2.24) is 24.4 Å². The van der Waals surface area contributed by atoms with E-state index >= 15 is 0 Å². The molecule has 0 spiro atoms. The molecule has 8 heteroatoms. The van der Waals surface area contributed by atoms with Crippen molar-refractivity contribution in [3.05, 3.63) is 10.5 Å². The predicted octanol–water partition coefficient (Wildman–Crippen LogP) is 3.17. The number of nitrogens with one attached hydrogen (secondary N) is 1. The maximum absolute atomic E-state index is 12.4. The summed E-state index contributed by atoms with van der Waals surface area (Å²) in [6.45, 7) is 9.23. The van der Waals surface area contributed by atoms with E-state index in [0.717, 1.165) is 31.6 Å². The summed E-state index contributed by atoms with van der Waals surface area (Å²) in [7, 11) is 0. The molecule has 8 nitrogen and oxygen atoms in total. The standard InChI is InChI=1S/C21H36N6O2/c1-3-5-15-29-20-24-18(22)17-19(25-20)27(21(28)23-17)12-7-6-8-16-9-13-26(11-4-2)14-10-16/h16H,3-15H2,1-2H3,(H,23,28)(H2,22,24,25). The lowest BCUT2D eigenvalue weighted by molar-refractivity contribution is 0.177. The van der Waals surface area contributed by atoms with Gasteiger partial charge in [0.15, 0.2) is 11.5 Å². The molecule has 0 atom stereocenters. The number of imidazole rings is 1. The molecule has 3 rings (SSSR count). The van der Waals surface area contributed by atoms with Crippen LogP contribution in [-0.2, 0) is 6.54 Å². The first-order valence-corrected chi connectivity index (χ1v) is 11.2. The van der Waals surface area contributed by atoms with Gasteiger partial charge >= 0.3 is 11.7 Å². The number of fused-ring (bicyclic) bond motifs is 1. The minimum Gasteiger partial charge on any atom is -0.463 e. The number of nitrogen functional groups attached to an aromatic ring is 1. The summed E-state index contributed by atoms with van der Waals surface area (Å²) in [5.74, 6) is 1.08. The fraction of sp³-hybridized carbons (Fsp3) is 0.762. The van der Waals surface area contributed by atoms with Gasteiger partial charge in [-0.3, -0.25) is 4.57 Å². The zero-order valence-corrected chi connectivity index (χ0v) is 18.0. The van der Waals surface area contributed by atoms with E-state index < -0.39 is 0 Å². The van der Waals surface area contributed by atoms with Gasteiger partial charge in [0.05, 0.1) is 6.61 Å². The molecule has 1 aliphatic heterocycles. The van der Waals surface area contributed by atoms with E-state index in [9.17, 15) is 4.79 Å². The van der Waals surface area contributed by atoms with Gasteiger partial charge in [-0.2, -0.15) is 9.97 Å². The van der Waals surface area contributed by atoms with Crippen LogP contribution >= 0.6 is 0 Å². The van der Waals surface area contributed by atoms with Gasteiger partial charge in [0.25, 0.3) is 0 Å². The van der Waals surface area contributed by atoms with E-state index in [1.54, 1.807) is 4.57 Å². The lowest BCUT2D eigenvalue weighted by Gasteiger charge is -2.31. The van der Waals surface area contributed by atoms with Crippen molar-refractivity contribution < 1.29 is 4.74 Å². The average molecular weight is 405 g/mol. The maximum Gasteiger partial charge on any atom is 0.327 e. The van der Waals surface area contributed by atoms with E-state index in [1.807, 2.05) is 0 Å². The number of hydrogen-bond acceptors (Lipinski definition) is 6. The van der Waals surface area contributed by atoms with Crippen LogP contribution in [0.3, 0.4) is 0 Å². The molecule has 0 aromatic carbocycles. The van der Waals surface area contributed by atoms with E-state index in [0.29, 0.717) is 24.3 Å². The Morgan fingerprint density at radius 3 is 2.62 bits per heavy atom. The van der Waals surface area contributed by atoms with Crippen molar-refractivity contribution in [3.8, 4) is 6.01 Å². The molecule has 3 N–H and O–H groups in total. The Kier molecular flexibility index (Phi) is 7.91. The Morgan fingerprint density at radius 1 is 1.10 bits per heavy atom. The third kappa shape index (κ3) is 5.72. The Balaban J connectivity index is 1.54. The molecule has 1 aliphatic rings. The predicted molar refractivity (Wildman–Crippen MR) is 116 cm³/mol. The van der Waals surface area contributed by atoms with Gasteiger partial charge in [-0.25, -0.2) is 4.79 Å². The Bertz CT molecular complexity index is 822. The Hall–Kier alpha value is -2.09. The van der Waals surface area contributed by atoms with Crippen molar-refractivity contribution in [2.45, 2.75) is 71.8 Å². The molecule has 0 radical (unpaired) electrons. The molecule has 0 unspecified atom stereocenters. The molecule has 1 saturated heterocycles. The van der Waals surface area contributed by atoms with Crippen LogP contribution in [-0.4, -0.2) is 50.7 Å². The van der Waals surface area contributed by atoms with Gasteiger partial charge in [0.1, 0.15) is 5.52 Å². The summed E-state index contributed by atoms with van der Waals surface area (Å²) in [5, 5.41) is 0. The summed E-state index contributed by atoms with van der Waals surface area (Å²) >= 11 is 0. The van der Waals surface area contributed by atoms with Gasteiger partial charge in [-0.1, -0.05) is 33.1 Å². The summed E-state index contributed by atoms with van der Waals surface area (Å²) in [4.78, 5) is 26.4. The minimum atomic E-state index is -0.181. The second-order valence-electron chi connectivity index (χ2n) is 8.15. The van der Waals surface area contributed by atoms with Crippen molar-refractivity contribution in [1.29, 1.82) is 0 Å². The second-order valence-corrected chi connectivity index (χ2v) is 8.15. The third-order valence-electron chi connectivity index (χ3n) is 5.85. The van der Waals surface area contributed by atoms with Crippen molar-refractivity contribution in [2.24, 2.45) is 5.92 Å². The van der Waals surface area contributed by atoms with Crippen LogP contribution in [0.15, 0.2) is 4.79 Å². The monoisotopic (exact) mass is 404 g/mol. The first-order valence-electron chi connectivity index (χ1n) is 11.2. The highest BCUT2D eigenvalue weighted by Crippen LogP contribution is 2.23. The van der Waals surface area contributed by atoms with Crippen LogP contribution in [0.2, 0.25) is 0 Å². The topological polar surface area (TPSA) is 102 Å². The van der Waals surface area contributed by atoms with Crippen LogP contribution in [0, 0.1) is 5.92 Å². The highest BCUT2D eigenvalue weighted by atomic mass is 16.5. The first kappa shape index (κ1) is 21.6. The number of hydrogen-bond donors (Lipinski definition) is 2. The van der Waals surface area contributed by atoms with Gasteiger partial charge in [-0.05, 0) is 57.7 Å². The summed E-state index contributed by atoms with van der Waals surface area (Å²) < 4.78 is 7.27. The average Bonchev–Trinajstić information content (AvgIpc) is 3.03. The van der Waals surface area contributed by atoms with E-state index in [2.05, 4.69) is 33.7 Å². The van der Waals surface area contributed by atoms with Crippen molar-refractivity contribution >= 4 is 17.0 Å². The number of H-pyrrole nitrogens is 1. The van der Waals surface area contributed by atoms with E-state index in [4.69, 9.17) is 10.5 Å². The lowest BCUT2D eigenvalue weighted by Crippen LogP contribution is -2.34. The molecule has 162 valence electrons. The molecule has 2 aromatic heterocycles. The SMILES string of the molecule is CCCCOc1nc(N)c2[nH]c(=O)n(CCCCC3CCN(CCC)CC3)c2n1. The number of aromatic amines is 1. The molecule has 3 heterocycles. The lowest BCUT2D eigenvalue weighted by atomic mass is 9.91. The van der Waals surface area contributed by atoms with Crippen LogP contribution in [0.4, 0.5) is 5.82 Å². The van der Waals surface area contributed by atoms with Crippen LogP contribution in [0.1, 0.15) is 65.2 Å². The first-order chi connectivity index (χ1) is 14.1. The largest absolute Gasteiger partial charge is 0.463 e. The van der Waals surface area contributed by atoms with Gasteiger partial charge in [-0.15, -0.1) is 0 Å². The number of ether oxygens (including phenoxy) is 1. The highest BCUT2D eigenvalue weighted by molar-refractivity contribution is 5.81.